The number of fused-ring (bicyclic) bond motifs is 1. The summed E-state index contributed by atoms with van der Waals surface area (Å²) in [6.45, 7) is 6.51. The molecule has 2 aromatic rings. The molecule has 3 rings (SSSR count). The van der Waals surface area contributed by atoms with Gasteiger partial charge in [-0.25, -0.2) is 4.68 Å². The van der Waals surface area contributed by atoms with Crippen molar-refractivity contribution in [3.63, 3.8) is 0 Å². The van der Waals surface area contributed by atoms with Gasteiger partial charge in [0.1, 0.15) is 15.7 Å². The van der Waals surface area contributed by atoms with E-state index in [4.69, 9.17) is 14.2 Å². The molecule has 0 bridgehead atoms. The first-order valence-corrected chi connectivity index (χ1v) is 7.81. The van der Waals surface area contributed by atoms with Crippen molar-refractivity contribution in [3.05, 3.63) is 15.5 Å². The predicted molar refractivity (Wildman–Crippen MR) is 76.0 cm³/mol. The van der Waals surface area contributed by atoms with Crippen molar-refractivity contribution in [1.82, 2.24) is 9.78 Å². The van der Waals surface area contributed by atoms with E-state index in [-0.39, 0.29) is 18.8 Å². The Morgan fingerprint density at radius 1 is 1.58 bits per heavy atom. The lowest BCUT2D eigenvalue weighted by atomic mass is 10.3. The van der Waals surface area contributed by atoms with Crippen molar-refractivity contribution in [2.24, 2.45) is 0 Å². The average molecular weight is 347 g/mol. The van der Waals surface area contributed by atoms with Gasteiger partial charge in [0.05, 0.1) is 4.88 Å². The van der Waals surface area contributed by atoms with Gasteiger partial charge in [-0.2, -0.15) is 5.10 Å². The lowest BCUT2D eigenvalue weighted by Gasteiger charge is -2.32. The van der Waals surface area contributed by atoms with Crippen molar-refractivity contribution in [1.29, 1.82) is 0 Å². The minimum absolute atomic E-state index is 0.0903. The van der Waals surface area contributed by atoms with Crippen molar-refractivity contribution < 1.29 is 14.2 Å². The molecule has 1 aliphatic rings. The molecule has 0 N–H and O–H groups in total. The maximum atomic E-state index is 5.60. The molecule has 7 heteroatoms. The van der Waals surface area contributed by atoms with Crippen LogP contribution >= 0.6 is 27.3 Å². The van der Waals surface area contributed by atoms with Crippen LogP contribution in [-0.2, 0) is 14.2 Å². The van der Waals surface area contributed by atoms with Gasteiger partial charge >= 0.3 is 0 Å². The number of aromatic nitrogens is 2. The summed E-state index contributed by atoms with van der Waals surface area (Å²) in [5, 5.41) is 5.53. The van der Waals surface area contributed by atoms with Crippen LogP contribution in [0.3, 0.4) is 0 Å². The summed E-state index contributed by atoms with van der Waals surface area (Å²) >= 11 is 5.11. The van der Waals surface area contributed by atoms with E-state index in [2.05, 4.69) is 27.1 Å². The maximum absolute atomic E-state index is 5.60. The zero-order valence-corrected chi connectivity index (χ0v) is 13.3. The van der Waals surface area contributed by atoms with Gasteiger partial charge in [-0.3, -0.25) is 0 Å². The van der Waals surface area contributed by atoms with Crippen LogP contribution in [0.5, 0.6) is 0 Å². The Hall–Kier alpha value is -0.470. The summed E-state index contributed by atoms with van der Waals surface area (Å²) in [5.41, 5.74) is 0. The number of ether oxygens (including phenoxy) is 3. The van der Waals surface area contributed by atoms with Crippen LogP contribution in [0.1, 0.15) is 38.2 Å². The number of rotatable bonds is 4. The molecule has 0 aromatic carbocycles. The Labute approximate surface area is 123 Å². The highest BCUT2D eigenvalue weighted by atomic mass is 79.9. The molecule has 5 nitrogen and oxygen atoms in total. The first-order chi connectivity index (χ1) is 9.10. The van der Waals surface area contributed by atoms with Gasteiger partial charge in [0.2, 0.25) is 0 Å². The van der Waals surface area contributed by atoms with Crippen LogP contribution in [-0.4, -0.2) is 22.7 Å². The molecule has 0 saturated carbocycles. The summed E-state index contributed by atoms with van der Waals surface area (Å²) in [4.78, 5) is 2.12. The van der Waals surface area contributed by atoms with E-state index >= 15 is 0 Å². The molecule has 1 saturated heterocycles. The highest BCUT2D eigenvalue weighted by Gasteiger charge is 2.31. The fourth-order valence-electron chi connectivity index (χ4n) is 2.08. The maximum Gasteiger partial charge on any atom is 0.198 e. The van der Waals surface area contributed by atoms with Gasteiger partial charge < -0.3 is 14.2 Å². The second-order valence-electron chi connectivity index (χ2n) is 4.33. The SMILES string of the molecule is CCOC(C)n1nc(Br)c2cc(C3OC(C)O3)sc21. The lowest BCUT2D eigenvalue weighted by molar-refractivity contribution is -0.381. The third-order valence-corrected chi connectivity index (χ3v) is 4.70. The predicted octanol–water partition coefficient (Wildman–Crippen LogP) is 3.81. The van der Waals surface area contributed by atoms with E-state index in [1.807, 2.05) is 25.5 Å². The topological polar surface area (TPSA) is 45.5 Å². The summed E-state index contributed by atoms with van der Waals surface area (Å²) in [6.07, 6.45) is -0.444. The number of hydrogen-bond acceptors (Lipinski definition) is 5. The molecule has 0 spiro atoms. The van der Waals surface area contributed by atoms with E-state index in [0.29, 0.717) is 6.61 Å². The first-order valence-electron chi connectivity index (χ1n) is 6.20. The highest BCUT2D eigenvalue weighted by Crippen LogP contribution is 2.41. The molecule has 104 valence electrons. The van der Waals surface area contributed by atoms with Crippen LogP contribution < -0.4 is 0 Å². The number of nitrogens with zero attached hydrogens (tertiary/aromatic N) is 2. The van der Waals surface area contributed by atoms with Crippen molar-refractivity contribution >= 4 is 37.5 Å². The van der Waals surface area contributed by atoms with Gasteiger partial charge in [0, 0.05) is 12.0 Å². The van der Waals surface area contributed by atoms with E-state index < -0.39 is 0 Å². The van der Waals surface area contributed by atoms with Gasteiger partial charge in [-0.15, -0.1) is 11.3 Å². The van der Waals surface area contributed by atoms with Crippen molar-refractivity contribution in [2.45, 2.75) is 39.6 Å². The number of hydrogen-bond donors (Lipinski definition) is 0. The van der Waals surface area contributed by atoms with Crippen LogP contribution in [0.2, 0.25) is 0 Å². The third kappa shape index (κ3) is 2.34. The van der Waals surface area contributed by atoms with Gasteiger partial charge in [-0.1, -0.05) is 0 Å². The normalized spacial score (nSPS) is 24.6. The van der Waals surface area contributed by atoms with Gasteiger partial charge in [0.15, 0.2) is 12.6 Å². The smallest absolute Gasteiger partial charge is 0.198 e. The molecule has 0 radical (unpaired) electrons. The summed E-state index contributed by atoms with van der Waals surface area (Å²) < 4.78 is 19.4. The Kier molecular flexibility index (Phi) is 3.65. The van der Waals surface area contributed by atoms with E-state index in [0.717, 1.165) is 19.7 Å². The van der Waals surface area contributed by atoms with Crippen LogP contribution in [0, 0.1) is 0 Å². The third-order valence-electron chi connectivity index (χ3n) is 2.97. The molecular formula is C12H15BrN2O3S. The molecule has 1 atom stereocenters. The standard InChI is InChI=1S/C12H15BrN2O3S/c1-4-16-6(2)15-11-8(10(13)14-15)5-9(19-11)12-17-7(3)18-12/h5-7,12H,4H2,1-3H3. The van der Waals surface area contributed by atoms with E-state index in [1.54, 1.807) is 11.3 Å². The summed E-state index contributed by atoms with van der Waals surface area (Å²) in [6, 6.07) is 2.06. The first kappa shape index (κ1) is 13.5. The Morgan fingerprint density at radius 2 is 2.32 bits per heavy atom. The fourth-order valence-corrected chi connectivity index (χ4v) is 3.84. The zero-order chi connectivity index (χ0) is 13.6. The second kappa shape index (κ2) is 5.14. The van der Waals surface area contributed by atoms with Crippen molar-refractivity contribution in [3.8, 4) is 0 Å². The molecule has 3 heterocycles. The van der Waals surface area contributed by atoms with Crippen molar-refractivity contribution in [2.75, 3.05) is 6.61 Å². The van der Waals surface area contributed by atoms with Gasteiger partial charge in [0.25, 0.3) is 0 Å². The number of thiophene rings is 1. The second-order valence-corrected chi connectivity index (χ2v) is 6.14. The molecule has 1 fully saturated rings. The molecule has 0 amide bonds. The van der Waals surface area contributed by atoms with Crippen LogP contribution in [0.25, 0.3) is 10.2 Å². The quantitative estimate of drug-likeness (QED) is 0.844. The highest BCUT2D eigenvalue weighted by molar-refractivity contribution is 9.10. The Morgan fingerprint density at radius 3 is 2.95 bits per heavy atom. The zero-order valence-electron chi connectivity index (χ0n) is 10.9. The van der Waals surface area contributed by atoms with Crippen LogP contribution in [0.15, 0.2) is 10.7 Å². The number of halogens is 1. The Bertz CT molecular complexity index is 591. The van der Waals surface area contributed by atoms with Crippen LogP contribution in [0.4, 0.5) is 0 Å². The molecule has 19 heavy (non-hydrogen) atoms. The largest absolute Gasteiger partial charge is 0.357 e. The minimum atomic E-state index is -0.241. The molecule has 1 unspecified atom stereocenters. The molecule has 0 aliphatic carbocycles. The average Bonchev–Trinajstić information content (AvgIpc) is 2.86. The minimum Gasteiger partial charge on any atom is -0.357 e. The van der Waals surface area contributed by atoms with E-state index in [1.165, 1.54) is 0 Å². The summed E-state index contributed by atoms with van der Waals surface area (Å²) in [5.74, 6) is 0. The molecular weight excluding hydrogens is 332 g/mol. The fraction of sp³-hybridized carbons (Fsp3) is 0.583. The molecule has 2 aromatic heterocycles. The van der Waals surface area contributed by atoms with Gasteiger partial charge in [-0.05, 0) is 42.8 Å². The lowest BCUT2D eigenvalue weighted by Crippen LogP contribution is -2.30. The summed E-state index contributed by atoms with van der Waals surface area (Å²) in [7, 11) is 0. The Balaban J connectivity index is 1.95. The molecule has 1 aliphatic heterocycles. The monoisotopic (exact) mass is 346 g/mol. The van der Waals surface area contributed by atoms with E-state index in [9.17, 15) is 0 Å².